The number of hydrogen-bond acceptors (Lipinski definition) is 5. The van der Waals surface area contributed by atoms with Crippen molar-refractivity contribution in [2.45, 2.75) is 44.9 Å². The number of benzene rings is 2. The van der Waals surface area contributed by atoms with Gasteiger partial charge in [-0.1, -0.05) is 44.9 Å². The van der Waals surface area contributed by atoms with Crippen molar-refractivity contribution < 1.29 is 24.2 Å². The third-order valence-corrected chi connectivity index (χ3v) is 7.04. The van der Waals surface area contributed by atoms with Gasteiger partial charge in [-0.05, 0) is 36.5 Å². The maximum atomic E-state index is 13.8. The van der Waals surface area contributed by atoms with Crippen molar-refractivity contribution in [2.75, 3.05) is 24.4 Å². The van der Waals surface area contributed by atoms with Gasteiger partial charge in [0.2, 0.25) is 0 Å². The van der Waals surface area contributed by atoms with Gasteiger partial charge in [-0.2, -0.15) is 0 Å². The van der Waals surface area contributed by atoms with E-state index in [1.165, 1.54) is 14.2 Å². The zero-order valence-electron chi connectivity index (χ0n) is 19.4. The van der Waals surface area contributed by atoms with Gasteiger partial charge in [0.25, 0.3) is 11.6 Å². The van der Waals surface area contributed by atoms with Crippen LogP contribution in [-0.4, -0.2) is 37.3 Å². The summed E-state index contributed by atoms with van der Waals surface area (Å²) in [6.07, 6.45) is 2.94. The predicted molar refractivity (Wildman–Crippen MR) is 125 cm³/mol. The maximum absolute atomic E-state index is 13.8. The lowest BCUT2D eigenvalue weighted by Gasteiger charge is -2.44. The van der Waals surface area contributed by atoms with E-state index in [4.69, 9.17) is 9.47 Å². The summed E-state index contributed by atoms with van der Waals surface area (Å²) in [5.41, 5.74) is -1.36. The highest BCUT2D eigenvalue weighted by atomic mass is 16.5. The molecule has 2 aromatic rings. The molecule has 8 nitrogen and oxygen atoms in total. The van der Waals surface area contributed by atoms with Crippen LogP contribution in [0.5, 0.6) is 11.5 Å². The Bertz CT molecular complexity index is 1060. The fourth-order valence-electron chi connectivity index (χ4n) is 4.87. The van der Waals surface area contributed by atoms with Crippen LogP contribution in [0.25, 0.3) is 0 Å². The van der Waals surface area contributed by atoms with Crippen LogP contribution in [0.1, 0.15) is 38.7 Å². The number of hydrogen-bond donors (Lipinski definition) is 3. The van der Waals surface area contributed by atoms with Gasteiger partial charge in [0.15, 0.2) is 0 Å². The third-order valence-electron chi connectivity index (χ3n) is 7.04. The fraction of sp³-hybridized carbons (Fsp3) is 0.440. The minimum atomic E-state index is -2.28. The Morgan fingerprint density at radius 3 is 2.64 bits per heavy atom. The van der Waals surface area contributed by atoms with Crippen LogP contribution in [0.2, 0.25) is 0 Å². The summed E-state index contributed by atoms with van der Waals surface area (Å²) < 4.78 is 10.8. The average molecular weight is 454 g/mol. The van der Waals surface area contributed by atoms with E-state index in [0.29, 0.717) is 17.4 Å². The van der Waals surface area contributed by atoms with Crippen molar-refractivity contribution in [3.8, 4) is 11.5 Å². The van der Waals surface area contributed by atoms with Crippen LogP contribution in [-0.2, 0) is 10.5 Å². The highest BCUT2D eigenvalue weighted by Gasteiger charge is 2.53. The molecule has 1 heterocycles. The lowest BCUT2D eigenvalue weighted by molar-refractivity contribution is -0.141. The van der Waals surface area contributed by atoms with Crippen LogP contribution in [0.4, 0.5) is 16.2 Å². The van der Waals surface area contributed by atoms with Gasteiger partial charge in [0.05, 0.1) is 25.6 Å². The Labute approximate surface area is 193 Å². The molecule has 4 rings (SSSR count). The summed E-state index contributed by atoms with van der Waals surface area (Å²) in [5, 5.41) is 17.9. The fourth-order valence-corrected chi connectivity index (χ4v) is 4.87. The molecule has 8 heteroatoms. The first-order chi connectivity index (χ1) is 15.8. The molecule has 176 valence electrons. The number of methoxy groups -OCH3 is 2. The first-order valence-electron chi connectivity index (χ1n) is 11.3. The number of aliphatic hydroxyl groups is 1. The number of urea groups is 1. The van der Waals surface area contributed by atoms with E-state index in [0.717, 1.165) is 24.2 Å². The van der Waals surface area contributed by atoms with Crippen LogP contribution >= 0.6 is 0 Å². The molecular weight excluding hydrogens is 422 g/mol. The van der Waals surface area contributed by atoms with E-state index < -0.39 is 17.7 Å². The van der Waals surface area contributed by atoms with Gasteiger partial charge >= 0.3 is 6.03 Å². The molecule has 33 heavy (non-hydrogen) atoms. The first-order valence-corrected chi connectivity index (χ1v) is 11.3. The molecule has 0 aromatic heterocycles. The molecule has 1 fully saturated rings. The van der Waals surface area contributed by atoms with E-state index in [9.17, 15) is 14.7 Å². The molecule has 0 unspecified atom stereocenters. The van der Waals surface area contributed by atoms with Crippen molar-refractivity contribution in [3.63, 3.8) is 0 Å². The molecule has 1 aliphatic carbocycles. The molecule has 3 amide bonds. The van der Waals surface area contributed by atoms with Crippen LogP contribution in [0.15, 0.2) is 42.5 Å². The van der Waals surface area contributed by atoms with Crippen LogP contribution in [0, 0.1) is 11.8 Å². The monoisotopic (exact) mass is 453 g/mol. The number of nitrogens with one attached hydrogen (secondary N) is 2. The minimum absolute atomic E-state index is 0.0953. The van der Waals surface area contributed by atoms with Crippen molar-refractivity contribution >= 4 is 23.3 Å². The summed E-state index contributed by atoms with van der Waals surface area (Å²) in [4.78, 5) is 28.2. The zero-order chi connectivity index (χ0) is 23.8. The molecule has 3 N–H and O–H groups in total. The zero-order valence-corrected chi connectivity index (χ0v) is 19.4. The summed E-state index contributed by atoms with van der Waals surface area (Å²) in [5.74, 6) is 0.871. The molecule has 2 aromatic carbocycles. The Morgan fingerprint density at radius 2 is 1.91 bits per heavy atom. The molecule has 1 saturated carbocycles. The number of para-hydroxylation sites is 1. The second kappa shape index (κ2) is 8.94. The summed E-state index contributed by atoms with van der Waals surface area (Å²) >= 11 is 0. The van der Waals surface area contributed by atoms with E-state index in [2.05, 4.69) is 24.5 Å². The standard InChI is InChI=1S/C25H31N3O5/c1-15-8-7-11-19(16(15)2)26-23(29)25(31)18-9-5-6-10-20(18)27-24(30)28(25)21-13-12-17(32-3)14-22(21)33-4/h5-6,9-10,12-16,19,31H,7-8,11H2,1-4H3,(H,26,29)(H,27,30)/t15-,16+,19+,25+/m0/s1. The third kappa shape index (κ3) is 3.88. The van der Waals surface area contributed by atoms with Gasteiger partial charge in [0.1, 0.15) is 11.5 Å². The molecular formula is C25H31N3O5. The van der Waals surface area contributed by atoms with Gasteiger partial charge in [-0.3, -0.25) is 4.79 Å². The number of anilines is 2. The molecule has 1 aliphatic heterocycles. The molecule has 0 spiro atoms. The molecule has 2 aliphatic rings. The highest BCUT2D eigenvalue weighted by molar-refractivity contribution is 6.12. The quantitative estimate of drug-likeness (QED) is 0.639. The van der Waals surface area contributed by atoms with Gasteiger partial charge < -0.3 is 25.2 Å². The topological polar surface area (TPSA) is 100 Å². The molecule has 0 bridgehead atoms. The Kier molecular flexibility index (Phi) is 6.21. The van der Waals surface area contributed by atoms with Gasteiger partial charge in [-0.25, -0.2) is 9.69 Å². The number of ether oxygens (including phenoxy) is 2. The number of carbonyl (C=O) groups is 2. The van der Waals surface area contributed by atoms with E-state index >= 15 is 0 Å². The van der Waals surface area contributed by atoms with E-state index in [1.807, 2.05) is 0 Å². The van der Waals surface area contributed by atoms with Crippen molar-refractivity contribution in [1.29, 1.82) is 0 Å². The van der Waals surface area contributed by atoms with E-state index in [-0.39, 0.29) is 29.0 Å². The highest BCUT2D eigenvalue weighted by Crippen LogP contribution is 2.44. The van der Waals surface area contributed by atoms with Crippen LogP contribution in [0.3, 0.4) is 0 Å². The first kappa shape index (κ1) is 22.9. The lowest BCUT2D eigenvalue weighted by atomic mass is 9.78. The second-order valence-electron chi connectivity index (χ2n) is 8.87. The smallest absolute Gasteiger partial charge is 0.329 e. The number of fused-ring (bicyclic) bond motifs is 1. The number of nitrogens with zero attached hydrogens (tertiary/aromatic N) is 1. The Balaban J connectivity index is 1.82. The van der Waals surface area contributed by atoms with E-state index in [1.54, 1.807) is 42.5 Å². The van der Waals surface area contributed by atoms with Crippen molar-refractivity contribution in [3.05, 3.63) is 48.0 Å². The van der Waals surface area contributed by atoms with Crippen molar-refractivity contribution in [2.24, 2.45) is 11.8 Å². The SMILES string of the molecule is COc1ccc(N2C(=O)Nc3ccccc3[C@@]2(O)C(=O)N[C@@H]2CCC[C@H](C)[C@H]2C)c(OC)c1. The number of carbonyl (C=O) groups excluding carboxylic acids is 2. The lowest BCUT2D eigenvalue weighted by Crippen LogP contribution is -2.64. The Morgan fingerprint density at radius 1 is 1.15 bits per heavy atom. The van der Waals surface area contributed by atoms with Crippen LogP contribution < -0.4 is 25.0 Å². The predicted octanol–water partition coefficient (Wildman–Crippen LogP) is 3.84. The summed E-state index contributed by atoms with van der Waals surface area (Å²) in [6.45, 7) is 4.29. The summed E-state index contributed by atoms with van der Waals surface area (Å²) in [6, 6.07) is 10.9. The number of rotatable bonds is 5. The molecule has 0 radical (unpaired) electrons. The maximum Gasteiger partial charge on any atom is 0.329 e. The van der Waals surface area contributed by atoms with Crippen molar-refractivity contribution in [1.82, 2.24) is 5.32 Å². The normalized spacial score (nSPS) is 26.8. The largest absolute Gasteiger partial charge is 0.497 e. The summed E-state index contributed by atoms with van der Waals surface area (Å²) in [7, 11) is 2.98. The average Bonchev–Trinajstić information content (AvgIpc) is 2.82. The molecule has 0 saturated heterocycles. The second-order valence-corrected chi connectivity index (χ2v) is 8.87. The van der Waals surface area contributed by atoms with Gasteiger partial charge in [-0.15, -0.1) is 0 Å². The van der Waals surface area contributed by atoms with Gasteiger partial charge in [0, 0.05) is 17.7 Å². The number of amides is 3. The molecule has 4 atom stereocenters. The minimum Gasteiger partial charge on any atom is -0.497 e. The Hall–Kier alpha value is -3.26.